The van der Waals surface area contributed by atoms with Crippen molar-refractivity contribution in [1.82, 2.24) is 15.4 Å². The van der Waals surface area contributed by atoms with Crippen LogP contribution in [0.2, 0.25) is 0 Å². The van der Waals surface area contributed by atoms with Gasteiger partial charge >= 0.3 is 5.97 Å². The van der Waals surface area contributed by atoms with Crippen molar-refractivity contribution < 1.29 is 19.2 Å². The molecule has 0 aliphatic carbocycles. The Labute approximate surface area is 190 Å². The molecule has 10 heteroatoms. The van der Waals surface area contributed by atoms with Crippen LogP contribution in [0.15, 0.2) is 42.5 Å². The van der Waals surface area contributed by atoms with Gasteiger partial charge in [-0.3, -0.25) is 10.1 Å². The zero-order valence-electron chi connectivity index (χ0n) is 18.5. The Balaban J connectivity index is 1.57. The minimum absolute atomic E-state index is 0.00322. The van der Waals surface area contributed by atoms with Crippen LogP contribution in [0.1, 0.15) is 41.7 Å². The third-order valence-electron chi connectivity index (χ3n) is 5.88. The smallest absolute Gasteiger partial charge is 0.361 e. The lowest BCUT2D eigenvalue weighted by molar-refractivity contribution is -0.384. The molecule has 10 nitrogen and oxygen atoms in total. The topological polar surface area (TPSA) is 123 Å². The van der Waals surface area contributed by atoms with Gasteiger partial charge in [0, 0.05) is 24.7 Å². The summed E-state index contributed by atoms with van der Waals surface area (Å²) in [4.78, 5) is 25.7. The molecule has 2 aromatic carbocycles. The van der Waals surface area contributed by atoms with Crippen molar-refractivity contribution in [1.29, 1.82) is 0 Å². The third-order valence-corrected chi connectivity index (χ3v) is 5.88. The van der Waals surface area contributed by atoms with E-state index in [1.165, 1.54) is 11.6 Å². The summed E-state index contributed by atoms with van der Waals surface area (Å²) >= 11 is 0. The lowest BCUT2D eigenvalue weighted by atomic mass is 9.88. The van der Waals surface area contributed by atoms with Crippen molar-refractivity contribution in [3.8, 4) is 17.0 Å². The Morgan fingerprint density at radius 3 is 2.67 bits per heavy atom. The number of hydrogen-bond donors (Lipinski definition) is 1. The quantitative estimate of drug-likeness (QED) is 0.325. The largest absolute Gasteiger partial charge is 0.496 e. The second-order valence-electron chi connectivity index (χ2n) is 7.71. The first-order chi connectivity index (χ1) is 16.0. The number of anilines is 1. The highest BCUT2D eigenvalue weighted by Gasteiger charge is 2.28. The first-order valence-electron chi connectivity index (χ1n) is 10.8. The number of H-pyrrole nitrogens is 1. The van der Waals surface area contributed by atoms with Crippen molar-refractivity contribution in [2.75, 3.05) is 31.7 Å². The summed E-state index contributed by atoms with van der Waals surface area (Å²) in [6.07, 6.45) is 1.71. The highest BCUT2D eigenvalue weighted by Crippen LogP contribution is 2.39. The number of esters is 1. The molecule has 1 saturated heterocycles. The average Bonchev–Trinajstić information content (AvgIpc) is 3.34. The summed E-state index contributed by atoms with van der Waals surface area (Å²) in [5.41, 5.74) is 2.31. The predicted octanol–water partition coefficient (Wildman–Crippen LogP) is 3.95. The maximum absolute atomic E-state index is 12.1. The van der Waals surface area contributed by atoms with Gasteiger partial charge in [-0.1, -0.05) is 24.3 Å². The van der Waals surface area contributed by atoms with Gasteiger partial charge in [0.15, 0.2) is 5.69 Å². The normalized spacial score (nSPS) is 14.2. The number of para-hydroxylation sites is 1. The molecule has 0 amide bonds. The first-order valence-corrected chi connectivity index (χ1v) is 10.8. The molecule has 172 valence electrons. The molecule has 0 radical (unpaired) electrons. The number of nitro groups is 1. The predicted molar refractivity (Wildman–Crippen MR) is 122 cm³/mol. The molecule has 1 aliphatic heterocycles. The van der Waals surface area contributed by atoms with Gasteiger partial charge in [-0.15, -0.1) is 5.10 Å². The number of carbonyl (C=O) groups excluding carboxylic acids is 1. The molecule has 0 bridgehead atoms. The highest BCUT2D eigenvalue weighted by atomic mass is 16.6. The van der Waals surface area contributed by atoms with Crippen LogP contribution >= 0.6 is 0 Å². The Hall–Kier alpha value is -3.95. The first kappa shape index (κ1) is 22.3. The molecule has 33 heavy (non-hydrogen) atoms. The van der Waals surface area contributed by atoms with Gasteiger partial charge in [-0.25, -0.2) is 4.79 Å². The van der Waals surface area contributed by atoms with Gasteiger partial charge in [-0.2, -0.15) is 10.3 Å². The van der Waals surface area contributed by atoms with Crippen LogP contribution in [0.3, 0.4) is 0 Å². The lowest BCUT2D eigenvalue weighted by Gasteiger charge is -2.34. The van der Waals surface area contributed by atoms with E-state index >= 15 is 0 Å². The summed E-state index contributed by atoms with van der Waals surface area (Å²) < 4.78 is 10.5. The number of methoxy groups -OCH3 is 1. The second kappa shape index (κ2) is 9.68. The molecule has 0 saturated carbocycles. The van der Waals surface area contributed by atoms with Crippen LogP contribution in [0.5, 0.6) is 5.75 Å². The van der Waals surface area contributed by atoms with Crippen LogP contribution < -0.4 is 9.64 Å². The summed E-state index contributed by atoms with van der Waals surface area (Å²) in [5, 5.41) is 22.2. The van der Waals surface area contributed by atoms with Crippen LogP contribution in [-0.4, -0.2) is 53.1 Å². The Bertz CT molecular complexity index is 1150. The van der Waals surface area contributed by atoms with E-state index < -0.39 is 10.9 Å². The van der Waals surface area contributed by atoms with Crippen LogP contribution in [0.25, 0.3) is 11.3 Å². The van der Waals surface area contributed by atoms with E-state index in [-0.39, 0.29) is 23.7 Å². The Kier molecular flexibility index (Phi) is 6.53. The fraction of sp³-hybridized carbons (Fsp3) is 0.348. The number of ether oxygens (including phenoxy) is 2. The average molecular weight is 451 g/mol. The van der Waals surface area contributed by atoms with Gasteiger partial charge in [0.1, 0.15) is 17.1 Å². The number of piperidine rings is 1. The highest BCUT2D eigenvalue weighted by molar-refractivity contribution is 5.94. The van der Waals surface area contributed by atoms with Crippen molar-refractivity contribution in [3.63, 3.8) is 0 Å². The molecular weight excluding hydrogens is 426 g/mol. The number of benzene rings is 2. The third kappa shape index (κ3) is 4.50. The van der Waals surface area contributed by atoms with E-state index in [0.29, 0.717) is 30.3 Å². The minimum atomic E-state index is -0.633. The lowest BCUT2D eigenvalue weighted by Crippen LogP contribution is -2.33. The summed E-state index contributed by atoms with van der Waals surface area (Å²) in [5.74, 6) is 0.570. The number of nitrogens with one attached hydrogen (secondary N) is 1. The SMILES string of the molecule is CCOC(=O)c1n[nH]nc1-c1ccc(N2CCC(c3ccccc3OC)CC2)c([N+](=O)[O-])c1. The number of hydrogen-bond acceptors (Lipinski definition) is 8. The Morgan fingerprint density at radius 1 is 1.21 bits per heavy atom. The number of aromatic amines is 1. The van der Waals surface area contributed by atoms with Gasteiger partial charge in [0.05, 0.1) is 18.6 Å². The molecule has 3 aromatic rings. The number of nitro benzene ring substituents is 1. The van der Waals surface area contributed by atoms with E-state index in [0.717, 1.165) is 18.6 Å². The van der Waals surface area contributed by atoms with E-state index in [1.54, 1.807) is 26.2 Å². The van der Waals surface area contributed by atoms with E-state index in [4.69, 9.17) is 9.47 Å². The number of aromatic nitrogens is 3. The fourth-order valence-electron chi connectivity index (χ4n) is 4.29. The van der Waals surface area contributed by atoms with Gasteiger partial charge in [0.25, 0.3) is 5.69 Å². The number of rotatable bonds is 7. The molecule has 1 fully saturated rings. The molecule has 4 rings (SSSR count). The molecule has 1 N–H and O–H groups in total. The molecule has 0 spiro atoms. The van der Waals surface area contributed by atoms with E-state index in [2.05, 4.69) is 21.5 Å². The number of carbonyl (C=O) groups is 1. The van der Waals surface area contributed by atoms with E-state index in [1.807, 2.05) is 23.1 Å². The zero-order chi connectivity index (χ0) is 23.4. The second-order valence-corrected chi connectivity index (χ2v) is 7.71. The van der Waals surface area contributed by atoms with Gasteiger partial charge in [0.2, 0.25) is 0 Å². The standard InChI is InChI=1S/C23H25N5O5/c1-3-33-23(29)22-21(24-26-25-22)16-8-9-18(19(14-16)28(30)31)27-12-10-15(11-13-27)17-6-4-5-7-20(17)32-2/h4-9,14-15H,3,10-13H2,1-2H3,(H,24,25,26). The fourth-order valence-corrected chi connectivity index (χ4v) is 4.29. The molecule has 0 atom stereocenters. The van der Waals surface area contributed by atoms with Crippen molar-refractivity contribution in [2.24, 2.45) is 0 Å². The summed E-state index contributed by atoms with van der Waals surface area (Å²) in [7, 11) is 1.67. The summed E-state index contributed by atoms with van der Waals surface area (Å²) in [6.45, 7) is 3.24. The maximum atomic E-state index is 12.1. The number of nitrogens with zero attached hydrogens (tertiary/aromatic N) is 4. The van der Waals surface area contributed by atoms with Crippen LogP contribution in [0, 0.1) is 10.1 Å². The van der Waals surface area contributed by atoms with E-state index in [9.17, 15) is 14.9 Å². The zero-order valence-corrected chi connectivity index (χ0v) is 18.5. The Morgan fingerprint density at radius 2 is 1.97 bits per heavy atom. The van der Waals surface area contributed by atoms with Gasteiger partial charge < -0.3 is 14.4 Å². The molecular formula is C23H25N5O5. The van der Waals surface area contributed by atoms with Crippen LogP contribution in [-0.2, 0) is 4.74 Å². The molecule has 0 unspecified atom stereocenters. The van der Waals surface area contributed by atoms with Crippen molar-refractivity contribution in [2.45, 2.75) is 25.7 Å². The van der Waals surface area contributed by atoms with Crippen LogP contribution in [0.4, 0.5) is 11.4 Å². The molecule has 1 aromatic heterocycles. The molecule has 1 aliphatic rings. The minimum Gasteiger partial charge on any atom is -0.496 e. The van der Waals surface area contributed by atoms with Crippen molar-refractivity contribution in [3.05, 3.63) is 63.8 Å². The molecule has 2 heterocycles. The van der Waals surface area contributed by atoms with Gasteiger partial charge in [-0.05, 0) is 43.4 Å². The maximum Gasteiger partial charge on any atom is 0.361 e. The monoisotopic (exact) mass is 451 g/mol. The summed E-state index contributed by atoms with van der Waals surface area (Å²) in [6, 6.07) is 12.8. The van der Waals surface area contributed by atoms with Crippen molar-refractivity contribution >= 4 is 17.3 Å².